The van der Waals surface area contributed by atoms with E-state index >= 15 is 0 Å². The van der Waals surface area contributed by atoms with Crippen molar-refractivity contribution < 1.29 is 53.2 Å². The summed E-state index contributed by atoms with van der Waals surface area (Å²) in [7, 11) is 0. The molecule has 0 aromatic carbocycles. The SMILES string of the molecule is CC.CC(C)C.CC(C)C(F)(F)F.CCC.CCC(C)C.CCCC.CCCCC.CC[C@H](C)CC(F)(F)F.CC[C@H](C)CC(F)(F)F.[2H]C(C)(C)C.[2H]C(C)(C)C.[2H]C([2H])(C)C(C)(C)C.[2H]C([2H])(C)C(C)C.[2H]C([2H])(C)CC.[2H]C1(C)CCCC1.[2H]C1(C)CCCCC1. The highest BCUT2D eigenvalue weighted by Gasteiger charge is 2.32. The van der Waals surface area contributed by atoms with Crippen LogP contribution in [0.5, 0.6) is 0 Å². The van der Waals surface area contributed by atoms with Gasteiger partial charge in [-0.15, -0.1) is 0 Å². The van der Waals surface area contributed by atoms with Gasteiger partial charge in [0.1, 0.15) is 0 Å². The van der Waals surface area contributed by atoms with E-state index in [1.54, 1.807) is 48.5 Å². The third-order valence-electron chi connectivity index (χ3n) is 10.1. The second-order valence-corrected chi connectivity index (χ2v) is 25.3. The fourth-order valence-electron chi connectivity index (χ4n) is 3.57. The lowest BCUT2D eigenvalue weighted by atomic mass is 9.91. The van der Waals surface area contributed by atoms with Gasteiger partial charge in [-0.25, -0.2) is 0 Å². The maximum atomic E-state index is 11.5. The minimum Gasteiger partial charge on any atom is -0.171 e. The lowest BCUT2D eigenvalue weighted by Gasteiger charge is -2.15. The van der Waals surface area contributed by atoms with Crippen LogP contribution in [0, 0.1) is 64.5 Å². The molecule has 0 amide bonds. The zero-order valence-electron chi connectivity index (χ0n) is 74.2. The van der Waals surface area contributed by atoms with E-state index in [1.165, 1.54) is 77.0 Å². The Morgan fingerprint density at radius 1 is 0.429 bits per heavy atom. The van der Waals surface area contributed by atoms with Crippen LogP contribution < -0.4 is 0 Å². The van der Waals surface area contributed by atoms with E-state index in [-0.39, 0.29) is 46.7 Å². The fourth-order valence-corrected chi connectivity index (χ4v) is 3.57. The second-order valence-electron chi connectivity index (χ2n) is 25.3. The maximum absolute atomic E-state index is 11.5. The van der Waals surface area contributed by atoms with Crippen LogP contribution in [-0.2, 0) is 0 Å². The summed E-state index contributed by atoms with van der Waals surface area (Å²) in [6.07, 6.45) is 5.73. The first-order valence-corrected chi connectivity index (χ1v) is 33.5. The Morgan fingerprint density at radius 3 is 0.667 bits per heavy atom. The molecule has 84 heavy (non-hydrogen) atoms. The first-order chi connectivity index (χ1) is 41.3. The summed E-state index contributed by atoms with van der Waals surface area (Å²) in [5.74, 6) is -0.442. The molecule has 0 saturated heterocycles. The molecule has 2 atom stereocenters. The molecule has 0 nitrogen and oxygen atoms in total. The topological polar surface area (TPSA) is 0 Å². The van der Waals surface area contributed by atoms with Gasteiger partial charge in [-0.2, -0.15) is 39.5 Å². The summed E-state index contributed by atoms with van der Waals surface area (Å²) < 4.78 is 174. The first-order valence-electron chi connectivity index (χ1n) is 38.5. The largest absolute Gasteiger partial charge is 0.391 e. The van der Waals surface area contributed by atoms with Crippen molar-refractivity contribution in [2.24, 2.45) is 64.5 Å². The minimum atomic E-state index is -4.00. The molecule has 9 heteroatoms. The molecule has 2 saturated carbocycles. The predicted molar refractivity (Wildman–Crippen MR) is 376 cm³/mol. The van der Waals surface area contributed by atoms with E-state index in [0.29, 0.717) is 19.3 Å². The number of hydrogen-bond donors (Lipinski definition) is 0. The highest BCUT2D eigenvalue weighted by Crippen LogP contribution is 2.27. The van der Waals surface area contributed by atoms with Gasteiger partial charge in [0.25, 0.3) is 0 Å². The van der Waals surface area contributed by atoms with E-state index < -0.39 is 56.4 Å². The summed E-state index contributed by atoms with van der Waals surface area (Å²) >= 11 is 0. The number of alkyl halides is 9. The molecule has 0 aromatic rings. The zero-order chi connectivity index (χ0) is 79.8. The van der Waals surface area contributed by atoms with Crippen LogP contribution in [0.1, 0.15) is 424 Å². The molecule has 0 heterocycles. The molecule has 0 radical (unpaired) electrons. The summed E-state index contributed by atoms with van der Waals surface area (Å²) in [4.78, 5) is 0. The molecule has 2 aliphatic carbocycles. The van der Waals surface area contributed by atoms with E-state index in [0.717, 1.165) is 51.4 Å². The van der Waals surface area contributed by atoms with Crippen molar-refractivity contribution in [3.8, 4) is 0 Å². The van der Waals surface area contributed by atoms with Gasteiger partial charge in [0.15, 0.2) is 0 Å². The van der Waals surface area contributed by atoms with Crippen LogP contribution in [0.4, 0.5) is 39.5 Å². The van der Waals surface area contributed by atoms with Gasteiger partial charge in [-0.1, -0.05) is 397 Å². The average Bonchev–Trinajstić information content (AvgIpc) is 1.11. The molecular weight excluding hydrogens is 1070 g/mol. The number of hydrogen-bond acceptors (Lipinski definition) is 0. The molecule has 0 aliphatic heterocycles. The van der Waals surface area contributed by atoms with Gasteiger partial charge < -0.3 is 0 Å². The maximum Gasteiger partial charge on any atom is 0.391 e. The Balaban J connectivity index is -0.0000000611. The fraction of sp³-hybridized carbons (Fsp3) is 1.00. The predicted octanol–water partition coefficient (Wildman–Crippen LogP) is 32.7. The molecule has 2 fully saturated rings. The molecule has 0 spiro atoms. The Labute approximate surface area is 544 Å². The van der Waals surface area contributed by atoms with Crippen molar-refractivity contribution in [1.29, 1.82) is 0 Å². The van der Waals surface area contributed by atoms with Gasteiger partial charge in [0.2, 0.25) is 0 Å². The third kappa shape index (κ3) is 255. The van der Waals surface area contributed by atoms with E-state index in [4.69, 9.17) is 13.7 Å². The van der Waals surface area contributed by atoms with Gasteiger partial charge >= 0.3 is 18.5 Å². The van der Waals surface area contributed by atoms with Gasteiger partial charge in [0.05, 0.1) is 0 Å². The van der Waals surface area contributed by atoms with Crippen molar-refractivity contribution in [3.63, 3.8) is 0 Å². The molecule has 0 N–H and O–H groups in total. The van der Waals surface area contributed by atoms with Crippen molar-refractivity contribution >= 4 is 0 Å². The molecule has 2 rings (SSSR count). The standard InChI is InChI=1S/C7H14.2C6H11F3.C6H12.C6H14.3C5H12.C4H7F3.5C4H10.C3H8.C2H6/c1-7-5-3-2-4-6-7;2*1-3-5(2)4-6(7,8)9;1-6-4-2-3-5-6;1-5-6(2,3)4;2*1-4-5(2)3;1-3-5-4-2;1-3(2)4(5,6)7;3*1-4(2)3;2*1-3-4-2;1-3-2;1-2/h7H,2-6H2,1H3;2*5H,3-4H2,1-2H3;6H,2-5H2,1H3;5H2,1-4H3;2*5H,4H2,1-3H3;3-5H2,1-2H3;3H,1-2H3;3*4H,1-3H3;2*3-4H2,1-2H3;3H2,1-2H3;1-2H3/t;2*5-;;;;;;;;;;;;;/m.00............./s1/i7D;;;6D;5D2;4D2;;;;2*4D;;3D2;;;. The highest BCUT2D eigenvalue weighted by atomic mass is 19.4. The van der Waals surface area contributed by atoms with Crippen molar-refractivity contribution in [2.75, 3.05) is 0 Å². The third-order valence-corrected chi connectivity index (χ3v) is 10.1. The second kappa shape index (κ2) is 91.1. The zero-order valence-corrected chi connectivity index (χ0v) is 64.2. The minimum absolute atomic E-state index is 0.0556. The molecule has 0 aromatic heterocycles. The van der Waals surface area contributed by atoms with Crippen molar-refractivity contribution in [2.45, 2.75) is 429 Å². The van der Waals surface area contributed by atoms with E-state index in [9.17, 15) is 39.5 Å². The molecular formula is C75H169F9. The van der Waals surface area contributed by atoms with Crippen molar-refractivity contribution in [1.82, 2.24) is 0 Å². The monoisotopic (exact) mass is 1250 g/mol. The Bertz CT molecular complexity index is 1290. The molecule has 0 unspecified atom stereocenters. The van der Waals surface area contributed by atoms with Crippen LogP contribution >= 0.6 is 0 Å². The lowest BCUT2D eigenvalue weighted by Crippen LogP contribution is -2.15. The first kappa shape index (κ1) is 89.8. The van der Waals surface area contributed by atoms with E-state index in [2.05, 4.69) is 83.1 Å². The van der Waals surface area contributed by atoms with Crippen LogP contribution in [0.3, 0.4) is 0 Å². The highest BCUT2D eigenvalue weighted by molar-refractivity contribution is 4.61. The van der Waals surface area contributed by atoms with E-state index in [1.807, 2.05) is 111 Å². The van der Waals surface area contributed by atoms with Gasteiger partial charge in [0, 0.05) is 32.5 Å². The van der Waals surface area contributed by atoms with Crippen LogP contribution in [-0.4, -0.2) is 18.5 Å². The summed E-state index contributed by atoms with van der Waals surface area (Å²) in [5.41, 5.74) is -0.229. The summed E-state index contributed by atoms with van der Waals surface area (Å²) in [6, 6.07) is 0. The average molecular weight is 1250 g/mol. The van der Waals surface area contributed by atoms with Crippen LogP contribution in [0.15, 0.2) is 0 Å². The van der Waals surface area contributed by atoms with Gasteiger partial charge in [-0.3, -0.25) is 0 Å². The Morgan fingerprint density at radius 2 is 0.619 bits per heavy atom. The van der Waals surface area contributed by atoms with Crippen LogP contribution in [0.2, 0.25) is 0 Å². The molecule has 2 aliphatic rings. The number of halogens is 9. The van der Waals surface area contributed by atoms with Gasteiger partial charge in [-0.05, 0) is 58.6 Å². The Kier molecular flexibility index (Phi) is 97.4. The molecule has 0 bridgehead atoms. The molecule has 532 valence electrons. The lowest BCUT2D eigenvalue weighted by molar-refractivity contribution is -0.164. The Hall–Kier alpha value is -0.630. The summed E-state index contributed by atoms with van der Waals surface area (Å²) in [5, 5.41) is 0. The number of unbranched alkanes of at least 4 members (excludes halogenated alkanes) is 3. The smallest absolute Gasteiger partial charge is 0.171 e. The summed E-state index contributed by atoms with van der Waals surface area (Å²) in [6.45, 7) is 70.4. The van der Waals surface area contributed by atoms with Crippen LogP contribution in [0.25, 0.3) is 0 Å². The van der Waals surface area contributed by atoms with Crippen molar-refractivity contribution in [3.05, 3.63) is 0 Å². The normalized spacial score (nSPS) is 16.4. The quantitative estimate of drug-likeness (QED) is 0.191. The number of rotatable bonds is 10.